The van der Waals surface area contributed by atoms with Crippen molar-refractivity contribution in [2.75, 3.05) is 49.6 Å². The Morgan fingerprint density at radius 3 is 2.58 bits per heavy atom. The van der Waals surface area contributed by atoms with Crippen LogP contribution in [-0.2, 0) is 11.2 Å². The molecule has 0 bridgehead atoms. The van der Waals surface area contributed by atoms with Crippen LogP contribution in [0.2, 0.25) is 0 Å². The van der Waals surface area contributed by atoms with Crippen molar-refractivity contribution in [3.8, 4) is 0 Å². The van der Waals surface area contributed by atoms with E-state index in [9.17, 15) is 4.79 Å². The molecule has 2 aromatic rings. The third-order valence-corrected chi connectivity index (χ3v) is 4.25. The van der Waals surface area contributed by atoms with Gasteiger partial charge in [-0.25, -0.2) is 4.98 Å². The molecular weight excluding hydrogens is 304 g/mol. The van der Waals surface area contributed by atoms with Gasteiger partial charge in [-0.1, -0.05) is 0 Å². The third-order valence-electron chi connectivity index (χ3n) is 4.25. The lowest BCUT2D eigenvalue weighted by Gasteiger charge is -2.32. The van der Waals surface area contributed by atoms with Gasteiger partial charge < -0.3 is 14.7 Å². The fourth-order valence-corrected chi connectivity index (χ4v) is 2.69. The van der Waals surface area contributed by atoms with E-state index in [2.05, 4.69) is 24.8 Å². The predicted molar refractivity (Wildman–Crippen MR) is 93.1 cm³/mol. The maximum absolute atomic E-state index is 10.8. The summed E-state index contributed by atoms with van der Waals surface area (Å²) in [5.74, 6) is 1.64. The van der Waals surface area contributed by atoms with Crippen LogP contribution in [0.5, 0.6) is 0 Å². The molecule has 1 fully saturated rings. The zero-order valence-electron chi connectivity index (χ0n) is 13.9. The van der Waals surface area contributed by atoms with Gasteiger partial charge in [-0.2, -0.15) is 4.98 Å². The van der Waals surface area contributed by atoms with Crippen molar-refractivity contribution < 1.29 is 4.79 Å². The third kappa shape index (κ3) is 3.98. The molecule has 0 atom stereocenters. The summed E-state index contributed by atoms with van der Waals surface area (Å²) in [5, 5.41) is 0. The maximum atomic E-state index is 10.8. The van der Waals surface area contributed by atoms with Crippen molar-refractivity contribution >= 4 is 18.2 Å². The number of likely N-dealkylation sites (N-methyl/N-ethyl adjacent to an activating group) is 1. The Morgan fingerprint density at radius 1 is 1.12 bits per heavy atom. The van der Waals surface area contributed by atoms with E-state index in [1.807, 2.05) is 37.6 Å². The molecule has 1 aliphatic heterocycles. The Morgan fingerprint density at radius 2 is 1.88 bits per heavy atom. The van der Waals surface area contributed by atoms with E-state index in [0.29, 0.717) is 0 Å². The first kappa shape index (κ1) is 16.2. The van der Waals surface area contributed by atoms with Gasteiger partial charge in [0.15, 0.2) is 0 Å². The number of anilines is 2. The lowest BCUT2D eigenvalue weighted by atomic mass is 10.2. The van der Waals surface area contributed by atoms with Crippen LogP contribution in [0.15, 0.2) is 36.8 Å². The molecular formula is C17H22N6O. The van der Waals surface area contributed by atoms with Gasteiger partial charge in [0.05, 0.1) is 0 Å². The molecule has 0 aliphatic carbocycles. The molecule has 0 radical (unpaired) electrons. The average molecular weight is 326 g/mol. The molecule has 24 heavy (non-hydrogen) atoms. The molecule has 2 aromatic heterocycles. The summed E-state index contributed by atoms with van der Waals surface area (Å²) in [5.41, 5.74) is 1.26. The minimum Gasteiger partial charge on any atom is -0.359 e. The molecule has 0 N–H and O–H groups in total. The highest BCUT2D eigenvalue weighted by Crippen LogP contribution is 2.15. The summed E-state index contributed by atoms with van der Waals surface area (Å²) < 4.78 is 0. The molecule has 3 heterocycles. The number of hydrogen-bond donors (Lipinski definition) is 0. The van der Waals surface area contributed by atoms with Crippen LogP contribution in [0.25, 0.3) is 0 Å². The van der Waals surface area contributed by atoms with E-state index < -0.39 is 0 Å². The van der Waals surface area contributed by atoms with Crippen LogP contribution in [0.4, 0.5) is 11.8 Å². The summed E-state index contributed by atoms with van der Waals surface area (Å²) in [7, 11) is 2.04. The number of carbonyl (C=O) groups excluding carboxylic acids is 1. The number of carbonyl (C=O) groups is 1. The molecule has 126 valence electrons. The summed E-state index contributed by atoms with van der Waals surface area (Å²) in [4.78, 5) is 29.9. The average Bonchev–Trinajstić information content (AvgIpc) is 2.67. The van der Waals surface area contributed by atoms with E-state index in [1.54, 1.807) is 11.1 Å². The smallest absolute Gasteiger partial charge is 0.227 e. The van der Waals surface area contributed by atoms with Crippen molar-refractivity contribution in [2.24, 2.45) is 0 Å². The van der Waals surface area contributed by atoms with E-state index in [4.69, 9.17) is 0 Å². The lowest BCUT2D eigenvalue weighted by molar-refractivity contribution is -0.118. The van der Waals surface area contributed by atoms with Gasteiger partial charge in [0.2, 0.25) is 12.4 Å². The second-order valence-corrected chi connectivity index (χ2v) is 5.87. The summed E-state index contributed by atoms with van der Waals surface area (Å²) in [6.07, 6.45) is 7.28. The monoisotopic (exact) mass is 326 g/mol. The number of nitrogens with zero attached hydrogens (tertiary/aromatic N) is 6. The summed E-state index contributed by atoms with van der Waals surface area (Å²) in [6, 6.07) is 6.00. The Balaban J connectivity index is 1.61. The van der Waals surface area contributed by atoms with Gasteiger partial charge in [0, 0.05) is 58.4 Å². The van der Waals surface area contributed by atoms with Gasteiger partial charge in [-0.3, -0.25) is 9.78 Å². The second kappa shape index (κ2) is 7.72. The van der Waals surface area contributed by atoms with Crippen LogP contribution in [0.3, 0.4) is 0 Å². The molecule has 0 unspecified atom stereocenters. The fraction of sp³-hybridized carbons (Fsp3) is 0.412. The molecule has 0 saturated carbocycles. The molecule has 7 heteroatoms. The SMILES string of the molecule is CN(CCc1ccncc1)c1ccnc(N2CCN(C=O)CC2)n1. The largest absolute Gasteiger partial charge is 0.359 e. The molecule has 1 aliphatic rings. The first-order valence-corrected chi connectivity index (χ1v) is 8.13. The Kier molecular flexibility index (Phi) is 5.20. The molecule has 0 aromatic carbocycles. The number of piperazine rings is 1. The number of pyridine rings is 1. The van der Waals surface area contributed by atoms with Gasteiger partial charge in [-0.15, -0.1) is 0 Å². The van der Waals surface area contributed by atoms with E-state index >= 15 is 0 Å². The van der Waals surface area contributed by atoms with Crippen molar-refractivity contribution in [3.05, 3.63) is 42.4 Å². The van der Waals surface area contributed by atoms with Crippen LogP contribution < -0.4 is 9.80 Å². The topological polar surface area (TPSA) is 65.5 Å². The Hall–Kier alpha value is -2.70. The highest BCUT2D eigenvalue weighted by molar-refractivity contribution is 5.49. The minimum atomic E-state index is 0.717. The summed E-state index contributed by atoms with van der Waals surface area (Å²) in [6.45, 7) is 3.84. The van der Waals surface area contributed by atoms with Crippen LogP contribution in [0, 0.1) is 0 Å². The number of amides is 1. The highest BCUT2D eigenvalue weighted by Gasteiger charge is 2.18. The second-order valence-electron chi connectivity index (χ2n) is 5.87. The molecule has 1 saturated heterocycles. The van der Waals surface area contributed by atoms with Crippen molar-refractivity contribution in [1.29, 1.82) is 0 Å². The number of hydrogen-bond acceptors (Lipinski definition) is 6. The maximum Gasteiger partial charge on any atom is 0.227 e. The Bertz CT molecular complexity index is 657. The molecule has 7 nitrogen and oxygen atoms in total. The van der Waals surface area contributed by atoms with Gasteiger partial charge in [0.1, 0.15) is 5.82 Å². The van der Waals surface area contributed by atoms with Gasteiger partial charge in [-0.05, 0) is 30.2 Å². The first-order chi connectivity index (χ1) is 11.8. The molecule has 3 rings (SSSR count). The first-order valence-electron chi connectivity index (χ1n) is 8.13. The molecule has 1 amide bonds. The zero-order chi connectivity index (χ0) is 16.8. The summed E-state index contributed by atoms with van der Waals surface area (Å²) >= 11 is 0. The van der Waals surface area contributed by atoms with E-state index in [0.717, 1.165) is 57.3 Å². The fourth-order valence-electron chi connectivity index (χ4n) is 2.69. The van der Waals surface area contributed by atoms with Crippen molar-refractivity contribution in [2.45, 2.75) is 6.42 Å². The van der Waals surface area contributed by atoms with E-state index in [-0.39, 0.29) is 0 Å². The molecule has 0 spiro atoms. The minimum absolute atomic E-state index is 0.717. The van der Waals surface area contributed by atoms with Crippen LogP contribution in [-0.4, -0.2) is 66.0 Å². The van der Waals surface area contributed by atoms with E-state index in [1.165, 1.54) is 5.56 Å². The Labute approximate surface area is 142 Å². The predicted octanol–water partition coefficient (Wildman–Crippen LogP) is 0.829. The highest BCUT2D eigenvalue weighted by atomic mass is 16.1. The van der Waals surface area contributed by atoms with Gasteiger partial charge >= 0.3 is 0 Å². The standard InChI is InChI=1S/C17H22N6O/c1-21(9-5-15-2-6-18-7-3-15)16-4-8-19-17(20-16)23-12-10-22(14-24)11-13-23/h2-4,6-8,14H,5,9-13H2,1H3. The van der Waals surface area contributed by atoms with Crippen molar-refractivity contribution in [3.63, 3.8) is 0 Å². The van der Waals surface area contributed by atoms with Crippen LogP contribution in [0.1, 0.15) is 5.56 Å². The van der Waals surface area contributed by atoms with Crippen LogP contribution >= 0.6 is 0 Å². The zero-order valence-corrected chi connectivity index (χ0v) is 13.9. The normalized spacial score (nSPS) is 14.5. The number of rotatable bonds is 6. The lowest BCUT2D eigenvalue weighted by Crippen LogP contribution is -2.46. The quantitative estimate of drug-likeness (QED) is 0.733. The van der Waals surface area contributed by atoms with Crippen molar-refractivity contribution in [1.82, 2.24) is 19.9 Å². The number of aromatic nitrogens is 3. The van der Waals surface area contributed by atoms with Gasteiger partial charge in [0.25, 0.3) is 0 Å².